The zero-order chi connectivity index (χ0) is 15.6. The Balaban J connectivity index is 2.15. The van der Waals surface area contributed by atoms with Crippen LogP contribution in [-0.4, -0.2) is 36.5 Å². The van der Waals surface area contributed by atoms with Gasteiger partial charge in [0.2, 0.25) is 10.0 Å². The lowest BCUT2D eigenvalue weighted by atomic mass is 9.99. The molecule has 1 saturated carbocycles. The molecule has 1 aliphatic carbocycles. The highest BCUT2D eigenvalue weighted by atomic mass is 32.2. The van der Waals surface area contributed by atoms with Crippen molar-refractivity contribution in [1.82, 2.24) is 14.5 Å². The molecule has 2 N–H and O–H groups in total. The molecule has 1 fully saturated rings. The SMILES string of the molecule is Cc1nn(CCO)c(C)c1S(=O)(=O)NCC1CCCC1C. The van der Waals surface area contributed by atoms with Gasteiger partial charge in [0.25, 0.3) is 0 Å². The van der Waals surface area contributed by atoms with Gasteiger partial charge < -0.3 is 5.11 Å². The number of hydrogen-bond acceptors (Lipinski definition) is 4. The molecule has 0 aliphatic heterocycles. The minimum atomic E-state index is -3.54. The van der Waals surface area contributed by atoms with Gasteiger partial charge in [-0.25, -0.2) is 13.1 Å². The Labute approximate surface area is 126 Å². The first-order chi connectivity index (χ1) is 9.86. The number of aromatic nitrogens is 2. The zero-order valence-electron chi connectivity index (χ0n) is 13.0. The molecule has 0 amide bonds. The average molecular weight is 315 g/mol. The Hall–Kier alpha value is -0.920. The number of hydrogen-bond donors (Lipinski definition) is 2. The van der Waals surface area contributed by atoms with Gasteiger partial charge in [0, 0.05) is 6.54 Å². The predicted octanol–water partition coefficient (Wildman–Crippen LogP) is 1.21. The van der Waals surface area contributed by atoms with Crippen molar-refractivity contribution in [1.29, 1.82) is 0 Å². The van der Waals surface area contributed by atoms with E-state index in [0.717, 1.165) is 6.42 Å². The summed E-state index contributed by atoms with van der Waals surface area (Å²) in [6.07, 6.45) is 3.45. The topological polar surface area (TPSA) is 84.2 Å². The molecule has 1 aromatic heterocycles. The number of nitrogens with zero attached hydrogens (tertiary/aromatic N) is 2. The number of aryl methyl sites for hydroxylation is 1. The van der Waals surface area contributed by atoms with Crippen molar-refractivity contribution in [3.8, 4) is 0 Å². The summed E-state index contributed by atoms with van der Waals surface area (Å²) in [7, 11) is -3.54. The first-order valence-corrected chi connectivity index (χ1v) is 8.99. The fourth-order valence-corrected chi connectivity index (χ4v) is 4.70. The van der Waals surface area contributed by atoms with Gasteiger partial charge in [-0.2, -0.15) is 5.10 Å². The van der Waals surface area contributed by atoms with Crippen molar-refractivity contribution in [3.05, 3.63) is 11.4 Å². The van der Waals surface area contributed by atoms with Gasteiger partial charge in [-0.3, -0.25) is 4.68 Å². The molecular formula is C14H25N3O3S. The van der Waals surface area contributed by atoms with Crippen LogP contribution in [0.3, 0.4) is 0 Å². The maximum absolute atomic E-state index is 12.5. The minimum Gasteiger partial charge on any atom is -0.394 e. The fraction of sp³-hybridized carbons (Fsp3) is 0.786. The molecule has 0 bridgehead atoms. The minimum absolute atomic E-state index is 0.0610. The first kappa shape index (κ1) is 16.5. The highest BCUT2D eigenvalue weighted by Crippen LogP contribution is 2.31. The largest absolute Gasteiger partial charge is 0.394 e. The molecule has 1 aromatic rings. The molecule has 2 unspecified atom stereocenters. The second kappa shape index (κ2) is 6.46. The van der Waals surface area contributed by atoms with Crippen LogP contribution in [0.1, 0.15) is 37.6 Å². The van der Waals surface area contributed by atoms with Gasteiger partial charge in [0.05, 0.1) is 24.5 Å². The van der Waals surface area contributed by atoms with Crippen LogP contribution in [0.25, 0.3) is 0 Å². The van der Waals surface area contributed by atoms with E-state index in [4.69, 9.17) is 5.11 Å². The van der Waals surface area contributed by atoms with Crippen molar-refractivity contribution in [2.45, 2.75) is 51.5 Å². The zero-order valence-corrected chi connectivity index (χ0v) is 13.8. The Morgan fingerprint density at radius 2 is 2.10 bits per heavy atom. The van der Waals surface area contributed by atoms with Crippen molar-refractivity contribution < 1.29 is 13.5 Å². The molecule has 2 atom stereocenters. The maximum Gasteiger partial charge on any atom is 0.244 e. The Morgan fingerprint density at radius 3 is 2.67 bits per heavy atom. The highest BCUT2D eigenvalue weighted by molar-refractivity contribution is 7.89. The Kier molecular flexibility index (Phi) is 5.06. The molecule has 2 rings (SSSR count). The third-order valence-electron chi connectivity index (χ3n) is 4.47. The number of aliphatic hydroxyl groups excluding tert-OH is 1. The van der Waals surface area contributed by atoms with Gasteiger partial charge >= 0.3 is 0 Å². The molecule has 0 aromatic carbocycles. The normalized spacial score (nSPS) is 22.9. The van der Waals surface area contributed by atoms with Crippen molar-refractivity contribution in [2.24, 2.45) is 11.8 Å². The molecule has 1 heterocycles. The summed E-state index contributed by atoms with van der Waals surface area (Å²) in [5.74, 6) is 1.000. The van der Waals surface area contributed by atoms with E-state index < -0.39 is 10.0 Å². The van der Waals surface area contributed by atoms with Crippen LogP contribution < -0.4 is 4.72 Å². The van der Waals surface area contributed by atoms with E-state index in [1.165, 1.54) is 12.8 Å². The standard InChI is InChI=1S/C14H25N3O3S/c1-10-5-4-6-13(10)9-15-21(19,20)14-11(2)16-17(7-8-18)12(14)3/h10,13,15,18H,4-9H2,1-3H3. The van der Waals surface area contributed by atoms with E-state index in [1.807, 2.05) is 0 Å². The summed E-state index contributed by atoms with van der Waals surface area (Å²) in [5.41, 5.74) is 1.06. The Bertz CT molecular complexity index is 595. The quantitative estimate of drug-likeness (QED) is 0.826. The average Bonchev–Trinajstić information content (AvgIpc) is 2.92. The van der Waals surface area contributed by atoms with Gasteiger partial charge in [0.1, 0.15) is 4.90 Å². The van der Waals surface area contributed by atoms with Gasteiger partial charge in [-0.05, 0) is 32.1 Å². The number of nitrogens with one attached hydrogen (secondary N) is 1. The first-order valence-electron chi connectivity index (χ1n) is 7.51. The highest BCUT2D eigenvalue weighted by Gasteiger charge is 2.28. The number of aliphatic hydroxyl groups is 1. The van der Waals surface area contributed by atoms with Crippen LogP contribution in [0.15, 0.2) is 4.90 Å². The van der Waals surface area contributed by atoms with Crippen LogP contribution in [-0.2, 0) is 16.6 Å². The van der Waals surface area contributed by atoms with Gasteiger partial charge in [0.15, 0.2) is 0 Å². The van der Waals surface area contributed by atoms with Crippen LogP contribution in [0.4, 0.5) is 0 Å². The van der Waals surface area contributed by atoms with Gasteiger partial charge in [-0.15, -0.1) is 0 Å². The van der Waals surface area contributed by atoms with Crippen LogP contribution in [0, 0.1) is 25.7 Å². The van der Waals surface area contributed by atoms with Crippen LogP contribution >= 0.6 is 0 Å². The molecule has 0 spiro atoms. The summed E-state index contributed by atoms with van der Waals surface area (Å²) >= 11 is 0. The molecule has 120 valence electrons. The molecule has 21 heavy (non-hydrogen) atoms. The lowest BCUT2D eigenvalue weighted by Crippen LogP contribution is -2.31. The van der Waals surface area contributed by atoms with E-state index in [-0.39, 0.29) is 11.5 Å². The van der Waals surface area contributed by atoms with E-state index >= 15 is 0 Å². The van der Waals surface area contributed by atoms with E-state index in [0.29, 0.717) is 36.3 Å². The monoisotopic (exact) mass is 315 g/mol. The maximum atomic E-state index is 12.5. The molecule has 7 heteroatoms. The third-order valence-corrected chi connectivity index (χ3v) is 6.15. The summed E-state index contributed by atoms with van der Waals surface area (Å²) < 4.78 is 29.3. The lowest BCUT2D eigenvalue weighted by Gasteiger charge is -2.16. The summed E-state index contributed by atoms with van der Waals surface area (Å²) in [6, 6.07) is 0. The smallest absolute Gasteiger partial charge is 0.244 e. The molecular weight excluding hydrogens is 290 g/mol. The van der Waals surface area contributed by atoms with Crippen LogP contribution in [0.2, 0.25) is 0 Å². The number of rotatable bonds is 6. The second-order valence-electron chi connectivity index (χ2n) is 5.97. The van der Waals surface area contributed by atoms with Gasteiger partial charge in [-0.1, -0.05) is 19.8 Å². The van der Waals surface area contributed by atoms with E-state index in [1.54, 1.807) is 18.5 Å². The van der Waals surface area contributed by atoms with Crippen molar-refractivity contribution >= 4 is 10.0 Å². The summed E-state index contributed by atoms with van der Waals surface area (Å²) in [6.45, 7) is 6.33. The van der Waals surface area contributed by atoms with Crippen molar-refractivity contribution in [3.63, 3.8) is 0 Å². The molecule has 0 saturated heterocycles. The number of sulfonamides is 1. The van der Waals surface area contributed by atoms with E-state index in [9.17, 15) is 8.42 Å². The Morgan fingerprint density at radius 1 is 1.38 bits per heavy atom. The predicted molar refractivity (Wildman–Crippen MR) is 80.5 cm³/mol. The van der Waals surface area contributed by atoms with Crippen molar-refractivity contribution in [2.75, 3.05) is 13.2 Å². The third kappa shape index (κ3) is 3.46. The molecule has 6 nitrogen and oxygen atoms in total. The molecule has 0 radical (unpaired) electrons. The summed E-state index contributed by atoms with van der Waals surface area (Å²) in [4.78, 5) is 0.251. The fourth-order valence-electron chi connectivity index (χ4n) is 3.20. The summed E-state index contributed by atoms with van der Waals surface area (Å²) in [5, 5.41) is 13.2. The second-order valence-corrected chi connectivity index (χ2v) is 7.67. The van der Waals surface area contributed by atoms with Crippen LogP contribution in [0.5, 0.6) is 0 Å². The van der Waals surface area contributed by atoms with E-state index in [2.05, 4.69) is 16.7 Å². The molecule has 1 aliphatic rings. The lowest BCUT2D eigenvalue weighted by molar-refractivity contribution is 0.267.